The molecular formula is C13H14ClF2NO3S. The number of amides is 1. The molecule has 8 heteroatoms. The molecule has 0 aliphatic heterocycles. The van der Waals surface area contributed by atoms with Gasteiger partial charge in [0.1, 0.15) is 16.5 Å². The van der Waals surface area contributed by atoms with Crippen LogP contribution in [0, 0.1) is 17.6 Å². The molecule has 1 aromatic carbocycles. The first-order chi connectivity index (χ1) is 9.79. The minimum absolute atomic E-state index is 0.342. The zero-order chi connectivity index (χ0) is 15.6. The van der Waals surface area contributed by atoms with Crippen LogP contribution in [0.2, 0.25) is 0 Å². The summed E-state index contributed by atoms with van der Waals surface area (Å²) in [5.74, 6) is -2.52. The van der Waals surface area contributed by atoms with Crippen LogP contribution in [0.5, 0.6) is 0 Å². The second kappa shape index (κ2) is 6.27. The van der Waals surface area contributed by atoms with Crippen LogP contribution in [0.4, 0.5) is 8.78 Å². The molecule has 21 heavy (non-hydrogen) atoms. The number of carbonyl (C=O) groups is 1. The fraction of sp³-hybridized carbons (Fsp3) is 0.462. The number of rotatable bonds is 6. The van der Waals surface area contributed by atoms with E-state index in [-0.39, 0.29) is 0 Å². The Hall–Kier alpha value is -1.21. The van der Waals surface area contributed by atoms with Crippen molar-refractivity contribution in [3.63, 3.8) is 0 Å². The molecule has 0 unspecified atom stereocenters. The van der Waals surface area contributed by atoms with Gasteiger partial charge in [0.15, 0.2) is 0 Å². The summed E-state index contributed by atoms with van der Waals surface area (Å²) in [6.07, 6.45) is 4.17. The maximum absolute atomic E-state index is 13.6. The van der Waals surface area contributed by atoms with E-state index >= 15 is 0 Å². The van der Waals surface area contributed by atoms with Crippen molar-refractivity contribution in [1.82, 2.24) is 5.32 Å². The largest absolute Gasteiger partial charge is 0.352 e. The molecule has 116 valence electrons. The predicted molar refractivity (Wildman–Crippen MR) is 73.7 cm³/mol. The Morgan fingerprint density at radius 1 is 1.29 bits per heavy atom. The normalized spacial score (nSPS) is 15.0. The van der Waals surface area contributed by atoms with E-state index in [0.29, 0.717) is 18.7 Å². The van der Waals surface area contributed by atoms with Gasteiger partial charge in [-0.1, -0.05) is 12.8 Å². The van der Waals surface area contributed by atoms with E-state index in [9.17, 15) is 22.0 Å². The van der Waals surface area contributed by atoms with E-state index in [1.807, 2.05) is 0 Å². The number of hydrogen-bond acceptors (Lipinski definition) is 3. The van der Waals surface area contributed by atoms with Crippen molar-refractivity contribution in [3.8, 4) is 0 Å². The molecule has 1 saturated carbocycles. The Labute approximate surface area is 125 Å². The highest BCUT2D eigenvalue weighted by Gasteiger charge is 2.23. The second-order valence-electron chi connectivity index (χ2n) is 5.04. The van der Waals surface area contributed by atoms with Crippen molar-refractivity contribution < 1.29 is 22.0 Å². The Morgan fingerprint density at radius 3 is 2.52 bits per heavy atom. The average molecular weight is 338 g/mol. The van der Waals surface area contributed by atoms with Crippen LogP contribution in [-0.4, -0.2) is 20.9 Å². The number of nitrogens with one attached hydrogen (secondary N) is 1. The molecule has 2 rings (SSSR count). The van der Waals surface area contributed by atoms with E-state index < -0.39 is 37.1 Å². The average Bonchev–Trinajstić information content (AvgIpc) is 3.16. The van der Waals surface area contributed by atoms with Crippen LogP contribution in [0.15, 0.2) is 17.0 Å². The van der Waals surface area contributed by atoms with E-state index in [4.69, 9.17) is 10.7 Å². The second-order valence-corrected chi connectivity index (χ2v) is 7.58. The van der Waals surface area contributed by atoms with Crippen LogP contribution in [0.25, 0.3) is 0 Å². The van der Waals surface area contributed by atoms with Gasteiger partial charge in [-0.2, -0.15) is 0 Å². The first-order valence-corrected chi connectivity index (χ1v) is 8.82. The van der Waals surface area contributed by atoms with Gasteiger partial charge in [-0.15, -0.1) is 0 Å². The summed E-state index contributed by atoms with van der Waals surface area (Å²) >= 11 is 0. The molecule has 1 N–H and O–H groups in total. The molecule has 0 radical (unpaired) electrons. The van der Waals surface area contributed by atoms with Gasteiger partial charge >= 0.3 is 0 Å². The van der Waals surface area contributed by atoms with Crippen LogP contribution in [0.1, 0.15) is 36.0 Å². The molecule has 1 aliphatic rings. The molecule has 0 atom stereocenters. The molecule has 1 fully saturated rings. The molecule has 1 aromatic rings. The highest BCUT2D eigenvalue weighted by molar-refractivity contribution is 8.13. The van der Waals surface area contributed by atoms with Crippen LogP contribution in [0.3, 0.4) is 0 Å². The number of halogens is 3. The molecule has 0 bridgehead atoms. The Kier molecular flexibility index (Phi) is 4.83. The summed E-state index contributed by atoms with van der Waals surface area (Å²) in [5.41, 5.74) is -0.540. The van der Waals surface area contributed by atoms with Gasteiger partial charge in [0.2, 0.25) is 0 Å². The molecule has 0 saturated heterocycles. The lowest BCUT2D eigenvalue weighted by atomic mass is 10.2. The lowest BCUT2D eigenvalue weighted by Crippen LogP contribution is -2.26. The number of hydrogen-bond donors (Lipinski definition) is 1. The van der Waals surface area contributed by atoms with Crippen molar-refractivity contribution in [2.24, 2.45) is 5.92 Å². The van der Waals surface area contributed by atoms with Gasteiger partial charge in [-0.3, -0.25) is 4.79 Å². The number of benzene rings is 1. The highest BCUT2D eigenvalue weighted by atomic mass is 35.7. The fourth-order valence-corrected chi connectivity index (χ4v) is 2.89. The van der Waals surface area contributed by atoms with Crippen molar-refractivity contribution in [2.45, 2.75) is 30.6 Å². The standard InChI is InChI=1S/C13H14ClF2NO3S/c14-21(19,20)12-6-9(10(15)7-11(12)16)13(18)17-5-1-2-8-3-4-8/h6-8H,1-5H2,(H,17,18). The monoisotopic (exact) mass is 337 g/mol. The third-order valence-corrected chi connectivity index (χ3v) is 4.64. The van der Waals surface area contributed by atoms with Crippen molar-refractivity contribution in [1.29, 1.82) is 0 Å². The molecule has 4 nitrogen and oxygen atoms in total. The summed E-state index contributed by atoms with van der Waals surface area (Å²) in [6.45, 7) is 0.356. The van der Waals surface area contributed by atoms with Gasteiger partial charge < -0.3 is 5.32 Å². The molecule has 0 spiro atoms. The molecular weight excluding hydrogens is 324 g/mol. The summed E-state index contributed by atoms with van der Waals surface area (Å²) < 4.78 is 49.2. The maximum Gasteiger partial charge on any atom is 0.264 e. The van der Waals surface area contributed by atoms with E-state index in [0.717, 1.165) is 18.8 Å². The first-order valence-electron chi connectivity index (χ1n) is 6.51. The third kappa shape index (κ3) is 4.38. The van der Waals surface area contributed by atoms with E-state index in [1.165, 1.54) is 12.8 Å². The zero-order valence-electron chi connectivity index (χ0n) is 11.0. The van der Waals surface area contributed by atoms with E-state index in [1.54, 1.807) is 0 Å². The highest BCUT2D eigenvalue weighted by Crippen LogP contribution is 2.33. The lowest BCUT2D eigenvalue weighted by Gasteiger charge is -2.08. The SMILES string of the molecule is O=C(NCCCC1CC1)c1cc(S(=O)(=O)Cl)c(F)cc1F. The predicted octanol–water partition coefficient (Wildman–Crippen LogP) is 2.81. The van der Waals surface area contributed by atoms with Crippen molar-refractivity contribution in [2.75, 3.05) is 6.54 Å². The van der Waals surface area contributed by atoms with Gasteiger partial charge in [0, 0.05) is 23.3 Å². The lowest BCUT2D eigenvalue weighted by molar-refractivity contribution is 0.0948. The van der Waals surface area contributed by atoms with Gasteiger partial charge in [0.05, 0.1) is 5.56 Å². The Balaban J connectivity index is 2.08. The smallest absolute Gasteiger partial charge is 0.264 e. The minimum Gasteiger partial charge on any atom is -0.352 e. The zero-order valence-corrected chi connectivity index (χ0v) is 12.6. The quantitative estimate of drug-likeness (QED) is 0.641. The molecule has 1 aliphatic carbocycles. The Morgan fingerprint density at radius 2 is 1.95 bits per heavy atom. The maximum atomic E-state index is 13.6. The van der Waals surface area contributed by atoms with Gasteiger partial charge in [-0.05, 0) is 24.8 Å². The van der Waals surface area contributed by atoms with Gasteiger partial charge in [0.25, 0.3) is 15.0 Å². The fourth-order valence-electron chi connectivity index (χ4n) is 1.98. The first kappa shape index (κ1) is 16.2. The van der Waals surface area contributed by atoms with E-state index in [2.05, 4.69) is 5.32 Å². The van der Waals surface area contributed by atoms with Crippen LogP contribution >= 0.6 is 10.7 Å². The molecule has 1 amide bonds. The topological polar surface area (TPSA) is 63.2 Å². The van der Waals surface area contributed by atoms with Crippen LogP contribution in [-0.2, 0) is 9.05 Å². The number of carbonyl (C=O) groups excluding carboxylic acids is 1. The van der Waals surface area contributed by atoms with Gasteiger partial charge in [-0.25, -0.2) is 17.2 Å². The minimum atomic E-state index is -4.38. The summed E-state index contributed by atoms with van der Waals surface area (Å²) in [4.78, 5) is 10.9. The third-order valence-electron chi connectivity index (χ3n) is 3.30. The van der Waals surface area contributed by atoms with Crippen LogP contribution < -0.4 is 5.32 Å². The molecule has 0 aromatic heterocycles. The summed E-state index contributed by atoms with van der Waals surface area (Å²) in [7, 11) is 0.656. The van der Waals surface area contributed by atoms with Crippen molar-refractivity contribution in [3.05, 3.63) is 29.3 Å². The Bertz CT molecular complexity index is 660. The summed E-state index contributed by atoms with van der Waals surface area (Å²) in [6, 6.07) is 0.956. The molecule has 0 heterocycles. The van der Waals surface area contributed by atoms with Crippen molar-refractivity contribution >= 4 is 25.6 Å². The summed E-state index contributed by atoms with van der Waals surface area (Å²) in [5, 5.41) is 2.48.